The highest BCUT2D eigenvalue weighted by molar-refractivity contribution is 9.11. The van der Waals surface area contributed by atoms with Crippen LogP contribution in [0.1, 0.15) is 0 Å². The standard InChI is InChI=1S/C13H6Br2F2N2S/c14-6-1-4-10(7(15)5-6)19-12-9(18-13(19)20)3-2-8(16)11(12)17/h1-5H,(H,18,20). The molecule has 1 N–H and O–H groups in total. The number of hydrogen-bond donors (Lipinski definition) is 1. The minimum absolute atomic E-state index is 0.0954. The second-order valence-electron chi connectivity index (χ2n) is 4.12. The Hall–Kier alpha value is -1.05. The zero-order valence-corrected chi connectivity index (χ0v) is 13.7. The van der Waals surface area contributed by atoms with Crippen LogP contribution in [-0.2, 0) is 0 Å². The number of rotatable bonds is 1. The van der Waals surface area contributed by atoms with E-state index in [0.29, 0.717) is 20.4 Å². The predicted octanol–water partition coefficient (Wildman–Crippen LogP) is 5.49. The highest BCUT2D eigenvalue weighted by Crippen LogP contribution is 2.30. The maximum atomic E-state index is 14.1. The van der Waals surface area contributed by atoms with Crippen molar-refractivity contribution >= 4 is 55.1 Å². The first-order chi connectivity index (χ1) is 9.49. The number of hydrogen-bond acceptors (Lipinski definition) is 1. The lowest BCUT2D eigenvalue weighted by molar-refractivity contribution is 0.514. The molecule has 0 saturated heterocycles. The van der Waals surface area contributed by atoms with Gasteiger partial charge in [0.15, 0.2) is 16.4 Å². The molecular formula is C13H6Br2F2N2S. The summed E-state index contributed by atoms with van der Waals surface area (Å²) >= 11 is 12.0. The molecule has 0 aliphatic heterocycles. The Balaban J connectivity index is 2.44. The molecule has 0 aliphatic rings. The van der Waals surface area contributed by atoms with Crippen LogP contribution in [0.15, 0.2) is 39.3 Å². The Morgan fingerprint density at radius 1 is 1.10 bits per heavy atom. The molecule has 102 valence electrons. The van der Waals surface area contributed by atoms with Crippen molar-refractivity contribution in [3.8, 4) is 5.69 Å². The third kappa shape index (κ3) is 2.13. The summed E-state index contributed by atoms with van der Waals surface area (Å²) in [6.45, 7) is 0. The topological polar surface area (TPSA) is 20.7 Å². The molecule has 1 heterocycles. The van der Waals surface area contributed by atoms with Crippen molar-refractivity contribution in [3.05, 3.63) is 55.7 Å². The fourth-order valence-electron chi connectivity index (χ4n) is 2.02. The summed E-state index contributed by atoms with van der Waals surface area (Å²) in [5.74, 6) is -1.84. The highest BCUT2D eigenvalue weighted by Gasteiger charge is 2.16. The molecule has 20 heavy (non-hydrogen) atoms. The molecule has 1 aromatic heterocycles. The van der Waals surface area contributed by atoms with Crippen LogP contribution in [0.25, 0.3) is 16.7 Å². The van der Waals surface area contributed by atoms with Crippen molar-refractivity contribution in [2.75, 3.05) is 0 Å². The fourth-order valence-corrected chi connectivity index (χ4v) is 3.55. The molecular weight excluding hydrogens is 414 g/mol. The number of nitrogens with one attached hydrogen (secondary N) is 1. The molecule has 0 fully saturated rings. The summed E-state index contributed by atoms with van der Waals surface area (Å²) in [6, 6.07) is 7.92. The zero-order chi connectivity index (χ0) is 14.4. The third-order valence-electron chi connectivity index (χ3n) is 2.89. The smallest absolute Gasteiger partial charge is 0.184 e. The molecule has 0 radical (unpaired) electrons. The summed E-state index contributed by atoms with van der Waals surface area (Å²) < 4.78 is 30.9. The van der Waals surface area contributed by atoms with E-state index in [1.54, 1.807) is 12.1 Å². The summed E-state index contributed by atoms with van der Waals surface area (Å²) in [5.41, 5.74) is 1.18. The van der Waals surface area contributed by atoms with Gasteiger partial charge >= 0.3 is 0 Å². The Morgan fingerprint density at radius 2 is 1.85 bits per heavy atom. The Labute approximate surface area is 134 Å². The van der Waals surface area contributed by atoms with E-state index in [1.807, 2.05) is 6.07 Å². The normalized spacial score (nSPS) is 11.2. The van der Waals surface area contributed by atoms with Gasteiger partial charge in [0.05, 0.1) is 11.2 Å². The number of nitrogens with zero attached hydrogens (tertiary/aromatic N) is 1. The molecule has 7 heteroatoms. The fraction of sp³-hybridized carbons (Fsp3) is 0. The van der Waals surface area contributed by atoms with E-state index >= 15 is 0 Å². The van der Waals surface area contributed by atoms with Crippen molar-refractivity contribution in [2.45, 2.75) is 0 Å². The van der Waals surface area contributed by atoms with Crippen LogP contribution in [0.5, 0.6) is 0 Å². The Kier molecular flexibility index (Phi) is 3.51. The molecule has 0 aliphatic carbocycles. The van der Waals surface area contributed by atoms with Crippen molar-refractivity contribution in [1.29, 1.82) is 0 Å². The van der Waals surface area contributed by atoms with E-state index in [0.717, 1.165) is 10.5 Å². The van der Waals surface area contributed by atoms with Gasteiger partial charge in [-0.15, -0.1) is 0 Å². The molecule has 0 saturated carbocycles. The monoisotopic (exact) mass is 418 g/mol. The number of aromatic nitrogens is 2. The van der Waals surface area contributed by atoms with E-state index in [1.165, 1.54) is 10.6 Å². The second-order valence-corrected chi connectivity index (χ2v) is 6.28. The average Bonchev–Trinajstić information content (AvgIpc) is 2.72. The minimum Gasteiger partial charge on any atom is -0.330 e. The second kappa shape index (κ2) is 5.05. The number of halogens is 4. The van der Waals surface area contributed by atoms with Gasteiger partial charge in [-0.05, 0) is 58.5 Å². The lowest BCUT2D eigenvalue weighted by Gasteiger charge is -2.08. The number of benzene rings is 2. The van der Waals surface area contributed by atoms with Crippen LogP contribution >= 0.6 is 44.1 Å². The van der Waals surface area contributed by atoms with Gasteiger partial charge in [-0.3, -0.25) is 4.57 Å². The van der Waals surface area contributed by atoms with Crippen LogP contribution in [0, 0.1) is 16.4 Å². The van der Waals surface area contributed by atoms with Gasteiger partial charge in [0, 0.05) is 8.95 Å². The van der Waals surface area contributed by atoms with E-state index in [2.05, 4.69) is 36.8 Å². The maximum Gasteiger partial charge on any atom is 0.184 e. The molecule has 0 atom stereocenters. The van der Waals surface area contributed by atoms with Crippen LogP contribution in [0.2, 0.25) is 0 Å². The summed E-state index contributed by atoms with van der Waals surface area (Å²) in [6.07, 6.45) is 0. The SMILES string of the molecule is Fc1ccc2[nH]c(=S)n(-c3ccc(Br)cc3Br)c2c1F. The van der Waals surface area contributed by atoms with E-state index in [-0.39, 0.29) is 5.52 Å². The molecule has 3 rings (SSSR count). The van der Waals surface area contributed by atoms with Gasteiger partial charge in [0.1, 0.15) is 5.52 Å². The largest absolute Gasteiger partial charge is 0.330 e. The maximum absolute atomic E-state index is 14.1. The van der Waals surface area contributed by atoms with E-state index in [9.17, 15) is 8.78 Å². The van der Waals surface area contributed by atoms with Gasteiger partial charge in [-0.2, -0.15) is 0 Å². The van der Waals surface area contributed by atoms with Gasteiger partial charge in [-0.25, -0.2) is 8.78 Å². The summed E-state index contributed by atoms with van der Waals surface area (Å²) in [5, 5.41) is 0. The van der Waals surface area contributed by atoms with Crippen molar-refractivity contribution in [3.63, 3.8) is 0 Å². The first-order valence-electron chi connectivity index (χ1n) is 5.53. The van der Waals surface area contributed by atoms with Crippen molar-refractivity contribution in [1.82, 2.24) is 9.55 Å². The Morgan fingerprint density at radius 3 is 2.55 bits per heavy atom. The lowest BCUT2D eigenvalue weighted by atomic mass is 10.2. The van der Waals surface area contributed by atoms with E-state index < -0.39 is 11.6 Å². The van der Waals surface area contributed by atoms with Crippen LogP contribution in [-0.4, -0.2) is 9.55 Å². The average molecular weight is 420 g/mol. The first-order valence-corrected chi connectivity index (χ1v) is 7.52. The predicted molar refractivity (Wildman–Crippen MR) is 83.8 cm³/mol. The van der Waals surface area contributed by atoms with E-state index in [4.69, 9.17) is 12.2 Å². The quantitative estimate of drug-likeness (QED) is 0.517. The molecule has 0 unspecified atom stereocenters. The van der Waals surface area contributed by atoms with Gasteiger partial charge in [0.25, 0.3) is 0 Å². The lowest BCUT2D eigenvalue weighted by Crippen LogP contribution is -1.98. The van der Waals surface area contributed by atoms with Crippen molar-refractivity contribution < 1.29 is 8.78 Å². The summed E-state index contributed by atoms with van der Waals surface area (Å²) in [4.78, 5) is 2.87. The number of imidazole rings is 1. The third-order valence-corrected chi connectivity index (χ3v) is 4.30. The van der Waals surface area contributed by atoms with Crippen molar-refractivity contribution in [2.24, 2.45) is 0 Å². The molecule has 0 bridgehead atoms. The summed E-state index contributed by atoms with van der Waals surface area (Å²) in [7, 11) is 0. The van der Waals surface area contributed by atoms with Gasteiger partial charge < -0.3 is 4.98 Å². The first kappa shape index (κ1) is 13.9. The van der Waals surface area contributed by atoms with Gasteiger partial charge in [0.2, 0.25) is 0 Å². The van der Waals surface area contributed by atoms with Crippen LogP contribution in [0.4, 0.5) is 8.78 Å². The minimum atomic E-state index is -0.926. The van der Waals surface area contributed by atoms with Crippen LogP contribution < -0.4 is 0 Å². The number of H-pyrrole nitrogens is 1. The number of fused-ring (bicyclic) bond motifs is 1. The van der Waals surface area contributed by atoms with Gasteiger partial charge in [-0.1, -0.05) is 15.9 Å². The van der Waals surface area contributed by atoms with Crippen LogP contribution in [0.3, 0.4) is 0 Å². The molecule has 3 aromatic rings. The zero-order valence-electron chi connectivity index (χ0n) is 9.75. The number of aromatic amines is 1. The molecule has 0 amide bonds. The molecule has 0 spiro atoms. The molecule has 2 nitrogen and oxygen atoms in total. The molecule has 2 aromatic carbocycles. The highest BCUT2D eigenvalue weighted by atomic mass is 79.9. The Bertz CT molecular complexity index is 886.